The third kappa shape index (κ3) is 3.25. The predicted molar refractivity (Wildman–Crippen MR) is 101 cm³/mol. The lowest BCUT2D eigenvalue weighted by atomic mass is 9.51. The van der Waals surface area contributed by atoms with Crippen LogP contribution in [0.4, 0.5) is 0 Å². The Bertz CT molecular complexity index is 557. The maximum Gasteiger partial charge on any atom is 0.147 e. The number of Topliss-reactive ketones (excluding diaryl/α,β-unsaturated/α-hetero) is 1. The monoisotopic (exact) mass is 340 g/mol. The molecule has 0 aromatic carbocycles. The molecule has 0 amide bonds. The Labute approximate surface area is 152 Å². The minimum atomic E-state index is 0.527. The molecule has 0 unspecified atom stereocenters. The molecule has 0 atom stereocenters. The summed E-state index contributed by atoms with van der Waals surface area (Å²) in [6, 6.07) is 0. The molecule has 0 aromatic rings. The van der Waals surface area contributed by atoms with Gasteiger partial charge in [0.1, 0.15) is 5.78 Å². The van der Waals surface area contributed by atoms with E-state index in [9.17, 15) is 4.79 Å². The second kappa shape index (κ2) is 6.64. The maximum absolute atomic E-state index is 12.8. The van der Waals surface area contributed by atoms with Crippen LogP contribution in [-0.4, -0.2) is 43.1 Å². The largest absolute Gasteiger partial charge is 0.298 e. The number of nitrogens with zero attached hydrogens (tertiary/aromatic N) is 2. The summed E-state index contributed by atoms with van der Waals surface area (Å²) in [6.45, 7) is 3.81. The average Bonchev–Trinajstić information content (AvgIpc) is 3.13. The zero-order valence-electron chi connectivity index (χ0n) is 15.4. The van der Waals surface area contributed by atoms with Crippen molar-refractivity contribution in [3.8, 4) is 0 Å². The van der Waals surface area contributed by atoms with E-state index in [1.54, 1.807) is 0 Å². The SMILES string of the molecule is O=C(CC1C2CC3CC(C2)CC1C3)CN1CCC(C2=CC=NC2)CC1. The number of likely N-dealkylation sites (tertiary alicyclic amines) is 1. The van der Waals surface area contributed by atoms with Crippen LogP contribution in [0.15, 0.2) is 16.6 Å². The van der Waals surface area contributed by atoms with Gasteiger partial charge in [-0.15, -0.1) is 0 Å². The van der Waals surface area contributed by atoms with Gasteiger partial charge in [-0.25, -0.2) is 0 Å². The molecule has 3 heteroatoms. The smallest absolute Gasteiger partial charge is 0.147 e. The van der Waals surface area contributed by atoms with Crippen molar-refractivity contribution in [2.24, 2.45) is 40.5 Å². The van der Waals surface area contributed by atoms with Crippen LogP contribution in [0.3, 0.4) is 0 Å². The van der Waals surface area contributed by atoms with Crippen LogP contribution in [0.25, 0.3) is 0 Å². The predicted octanol–water partition coefficient (Wildman–Crippen LogP) is 3.74. The van der Waals surface area contributed by atoms with Crippen molar-refractivity contribution in [3.05, 3.63) is 11.6 Å². The number of ketones is 1. The van der Waals surface area contributed by atoms with Crippen molar-refractivity contribution in [1.82, 2.24) is 4.90 Å². The highest BCUT2D eigenvalue weighted by molar-refractivity contribution is 5.80. The highest BCUT2D eigenvalue weighted by Crippen LogP contribution is 2.57. The summed E-state index contributed by atoms with van der Waals surface area (Å²) in [5, 5.41) is 0. The van der Waals surface area contributed by atoms with E-state index in [0.717, 1.165) is 55.6 Å². The second-order valence-corrected chi connectivity index (χ2v) is 9.62. The Morgan fingerprint density at radius 3 is 2.32 bits per heavy atom. The average molecular weight is 341 g/mol. The topological polar surface area (TPSA) is 32.7 Å². The summed E-state index contributed by atoms with van der Waals surface area (Å²) in [7, 11) is 0. The molecule has 0 N–H and O–H groups in total. The van der Waals surface area contributed by atoms with E-state index in [1.807, 2.05) is 6.21 Å². The van der Waals surface area contributed by atoms with Gasteiger partial charge >= 0.3 is 0 Å². The van der Waals surface area contributed by atoms with Crippen molar-refractivity contribution < 1.29 is 4.79 Å². The summed E-state index contributed by atoms with van der Waals surface area (Å²) >= 11 is 0. The lowest BCUT2D eigenvalue weighted by Crippen LogP contribution is -2.46. The van der Waals surface area contributed by atoms with Gasteiger partial charge in [0, 0.05) is 12.6 Å². The van der Waals surface area contributed by atoms with Crippen LogP contribution in [-0.2, 0) is 4.79 Å². The van der Waals surface area contributed by atoms with E-state index in [4.69, 9.17) is 0 Å². The Morgan fingerprint density at radius 2 is 1.72 bits per heavy atom. The fourth-order valence-electron chi connectivity index (χ4n) is 7.03. The van der Waals surface area contributed by atoms with E-state index < -0.39 is 0 Å². The van der Waals surface area contributed by atoms with Crippen molar-refractivity contribution in [2.45, 2.75) is 51.4 Å². The van der Waals surface area contributed by atoms with Crippen molar-refractivity contribution in [1.29, 1.82) is 0 Å². The molecule has 0 aromatic heterocycles. The fourth-order valence-corrected chi connectivity index (χ4v) is 7.03. The zero-order chi connectivity index (χ0) is 16.8. The van der Waals surface area contributed by atoms with Crippen LogP contribution in [0.5, 0.6) is 0 Å². The molecule has 2 aliphatic heterocycles. The van der Waals surface area contributed by atoms with Crippen LogP contribution in [0.1, 0.15) is 51.4 Å². The van der Waals surface area contributed by atoms with Gasteiger partial charge in [-0.2, -0.15) is 0 Å². The molecule has 4 bridgehead atoms. The highest BCUT2D eigenvalue weighted by atomic mass is 16.1. The van der Waals surface area contributed by atoms with Gasteiger partial charge in [0.2, 0.25) is 0 Å². The van der Waals surface area contributed by atoms with Gasteiger partial charge in [-0.1, -0.05) is 0 Å². The first kappa shape index (κ1) is 16.2. The normalized spacial score (nSPS) is 40.6. The van der Waals surface area contributed by atoms with Gasteiger partial charge < -0.3 is 0 Å². The molecule has 1 saturated heterocycles. The van der Waals surface area contributed by atoms with E-state index in [1.165, 1.54) is 50.5 Å². The number of rotatable bonds is 5. The third-order valence-electron chi connectivity index (χ3n) is 8.07. The minimum Gasteiger partial charge on any atom is -0.298 e. The number of hydrogen-bond acceptors (Lipinski definition) is 3. The lowest BCUT2D eigenvalue weighted by molar-refractivity contribution is -0.125. The quantitative estimate of drug-likeness (QED) is 0.764. The summed E-state index contributed by atoms with van der Waals surface area (Å²) in [4.78, 5) is 19.5. The Kier molecular flexibility index (Phi) is 4.31. The Hall–Kier alpha value is -0.960. The molecule has 0 spiro atoms. The first-order chi connectivity index (χ1) is 12.2. The van der Waals surface area contributed by atoms with Gasteiger partial charge in [-0.05, 0) is 105 Å². The van der Waals surface area contributed by atoms with Crippen LogP contribution in [0, 0.1) is 35.5 Å². The molecule has 4 aliphatic carbocycles. The van der Waals surface area contributed by atoms with Crippen molar-refractivity contribution in [3.63, 3.8) is 0 Å². The van der Waals surface area contributed by atoms with E-state index in [2.05, 4.69) is 16.0 Å². The summed E-state index contributed by atoms with van der Waals surface area (Å²) in [5.74, 6) is 5.78. The van der Waals surface area contributed by atoms with E-state index in [0.29, 0.717) is 18.2 Å². The summed E-state index contributed by atoms with van der Waals surface area (Å²) in [5.41, 5.74) is 1.51. The first-order valence-electron chi connectivity index (χ1n) is 10.7. The highest BCUT2D eigenvalue weighted by Gasteiger charge is 2.48. The number of aliphatic imine (C=N–C) groups is 1. The van der Waals surface area contributed by atoms with Gasteiger partial charge in [0.15, 0.2) is 0 Å². The first-order valence-corrected chi connectivity index (χ1v) is 10.7. The number of carbonyl (C=O) groups is 1. The number of carbonyl (C=O) groups excluding carboxylic acids is 1. The maximum atomic E-state index is 12.8. The molecule has 3 nitrogen and oxygen atoms in total. The Balaban J connectivity index is 1.11. The second-order valence-electron chi connectivity index (χ2n) is 9.62. The van der Waals surface area contributed by atoms with Gasteiger partial charge in [-0.3, -0.25) is 14.7 Å². The molecule has 6 aliphatic rings. The van der Waals surface area contributed by atoms with Crippen LogP contribution in [0.2, 0.25) is 0 Å². The van der Waals surface area contributed by atoms with Crippen LogP contribution < -0.4 is 0 Å². The van der Waals surface area contributed by atoms with Crippen LogP contribution >= 0.6 is 0 Å². The van der Waals surface area contributed by atoms with Crippen molar-refractivity contribution in [2.75, 3.05) is 26.2 Å². The number of hydrogen-bond donors (Lipinski definition) is 0. The standard InChI is InChI=1S/C22H32N2O/c25-21(12-22-19-8-15-7-16(10-19)11-20(22)9-15)14-24-5-2-17(3-6-24)18-1-4-23-13-18/h1,4,15-17,19-20,22H,2-3,5-14H2. The fraction of sp³-hybridized carbons (Fsp3) is 0.818. The van der Waals surface area contributed by atoms with E-state index >= 15 is 0 Å². The molecule has 25 heavy (non-hydrogen) atoms. The molecule has 6 rings (SSSR count). The molecule has 4 saturated carbocycles. The lowest BCUT2D eigenvalue weighted by Gasteiger charge is -2.54. The zero-order valence-corrected chi connectivity index (χ0v) is 15.4. The molecule has 2 heterocycles. The Morgan fingerprint density at radius 1 is 1.04 bits per heavy atom. The minimum absolute atomic E-state index is 0.527. The summed E-state index contributed by atoms with van der Waals surface area (Å²) < 4.78 is 0. The third-order valence-corrected chi connectivity index (χ3v) is 8.07. The number of piperidine rings is 1. The molecule has 0 radical (unpaired) electrons. The van der Waals surface area contributed by atoms with Gasteiger partial charge in [0.05, 0.1) is 13.1 Å². The molecule has 136 valence electrons. The molecule has 5 fully saturated rings. The van der Waals surface area contributed by atoms with Gasteiger partial charge in [0.25, 0.3) is 0 Å². The molecular weight excluding hydrogens is 308 g/mol. The number of allylic oxidation sites excluding steroid dienone is 1. The molecular formula is C22H32N2O. The van der Waals surface area contributed by atoms with Crippen molar-refractivity contribution >= 4 is 12.0 Å². The van der Waals surface area contributed by atoms with E-state index in [-0.39, 0.29) is 0 Å². The summed E-state index contributed by atoms with van der Waals surface area (Å²) in [6.07, 6.45) is 14.7.